The Morgan fingerprint density at radius 1 is 1.25 bits per heavy atom. The van der Waals surface area contributed by atoms with Crippen LogP contribution in [0.4, 0.5) is 5.69 Å². The zero-order valence-corrected chi connectivity index (χ0v) is 11.4. The van der Waals surface area contributed by atoms with Gasteiger partial charge in [-0.15, -0.1) is 0 Å². The van der Waals surface area contributed by atoms with Crippen molar-refractivity contribution in [1.29, 1.82) is 0 Å². The molecule has 0 bridgehead atoms. The van der Waals surface area contributed by atoms with Gasteiger partial charge in [0.25, 0.3) is 0 Å². The third-order valence-corrected chi connectivity index (χ3v) is 3.95. The Morgan fingerprint density at radius 3 is 2.56 bits per heavy atom. The van der Waals surface area contributed by atoms with Crippen LogP contribution in [0.5, 0.6) is 0 Å². The molecule has 1 aliphatic rings. The van der Waals surface area contributed by atoms with Gasteiger partial charge in [-0.3, -0.25) is 0 Å². The Labute approximate surface area is 110 Å². The van der Waals surface area contributed by atoms with Crippen molar-refractivity contribution in [2.45, 2.75) is 37.8 Å². The van der Waals surface area contributed by atoms with Crippen LogP contribution in [-0.4, -0.2) is 12.1 Å². The molecular weight excluding hydrogens is 288 g/mol. The van der Waals surface area contributed by atoms with Gasteiger partial charge >= 0.3 is 0 Å². The summed E-state index contributed by atoms with van der Waals surface area (Å²) >= 11 is 9.42. The molecule has 1 saturated carbocycles. The summed E-state index contributed by atoms with van der Waals surface area (Å²) < 4.78 is 1.02. The Kier molecular flexibility index (Phi) is 4.11. The third kappa shape index (κ3) is 3.12. The van der Waals surface area contributed by atoms with E-state index in [1.165, 1.54) is 0 Å². The first-order valence-electron chi connectivity index (χ1n) is 5.62. The lowest BCUT2D eigenvalue weighted by Gasteiger charge is -2.28. The zero-order valence-electron chi connectivity index (χ0n) is 9.05. The maximum atomic E-state index is 5.90. The Morgan fingerprint density at radius 2 is 1.94 bits per heavy atom. The van der Waals surface area contributed by atoms with Crippen LogP contribution in [0.2, 0.25) is 5.02 Å². The Bertz CT molecular complexity index is 362. The summed E-state index contributed by atoms with van der Waals surface area (Å²) in [6.45, 7) is 0. The molecule has 0 spiro atoms. The summed E-state index contributed by atoms with van der Waals surface area (Å²) in [4.78, 5) is 0. The summed E-state index contributed by atoms with van der Waals surface area (Å²) in [6, 6.07) is 6.77. The molecule has 0 aromatic heterocycles. The van der Waals surface area contributed by atoms with Gasteiger partial charge in [0.15, 0.2) is 0 Å². The van der Waals surface area contributed by atoms with Gasteiger partial charge in [-0.25, -0.2) is 0 Å². The van der Waals surface area contributed by atoms with E-state index in [1.807, 2.05) is 18.2 Å². The zero-order chi connectivity index (χ0) is 11.5. The van der Waals surface area contributed by atoms with Gasteiger partial charge in [0.1, 0.15) is 0 Å². The molecule has 4 heteroatoms. The van der Waals surface area contributed by atoms with E-state index < -0.39 is 0 Å². The Hall–Kier alpha value is -0.250. The predicted octanol–water partition coefficient (Wildman–Crippen LogP) is 3.78. The van der Waals surface area contributed by atoms with Crippen LogP contribution < -0.4 is 11.1 Å². The van der Waals surface area contributed by atoms with E-state index in [0.29, 0.717) is 12.1 Å². The Balaban J connectivity index is 1.98. The van der Waals surface area contributed by atoms with E-state index >= 15 is 0 Å². The summed E-state index contributed by atoms with van der Waals surface area (Å²) in [6.07, 6.45) is 4.53. The first-order chi connectivity index (χ1) is 7.65. The highest BCUT2D eigenvalue weighted by Gasteiger charge is 2.18. The maximum absolute atomic E-state index is 5.90. The highest BCUT2D eigenvalue weighted by atomic mass is 79.9. The molecule has 88 valence electrons. The number of rotatable bonds is 2. The van der Waals surface area contributed by atoms with Gasteiger partial charge in [0.05, 0.1) is 0 Å². The lowest BCUT2D eigenvalue weighted by atomic mass is 9.92. The number of hydrogen-bond donors (Lipinski definition) is 2. The van der Waals surface area contributed by atoms with Crippen LogP contribution in [0, 0.1) is 0 Å². The molecule has 0 radical (unpaired) electrons. The van der Waals surface area contributed by atoms with E-state index in [4.69, 9.17) is 17.3 Å². The van der Waals surface area contributed by atoms with E-state index in [0.717, 1.165) is 40.9 Å². The quantitative estimate of drug-likeness (QED) is 0.872. The topological polar surface area (TPSA) is 38.0 Å². The molecule has 2 nitrogen and oxygen atoms in total. The van der Waals surface area contributed by atoms with Gasteiger partial charge in [-0.1, -0.05) is 11.6 Å². The number of halogens is 2. The second-order valence-electron chi connectivity index (χ2n) is 4.38. The largest absolute Gasteiger partial charge is 0.381 e. The van der Waals surface area contributed by atoms with Gasteiger partial charge < -0.3 is 11.1 Å². The number of anilines is 1. The molecule has 0 saturated heterocycles. The van der Waals surface area contributed by atoms with Crippen molar-refractivity contribution in [2.24, 2.45) is 5.73 Å². The molecule has 2 rings (SSSR count). The average Bonchev–Trinajstić information content (AvgIpc) is 2.25. The van der Waals surface area contributed by atoms with Crippen LogP contribution in [0.1, 0.15) is 25.7 Å². The summed E-state index contributed by atoms with van der Waals surface area (Å²) in [5.74, 6) is 0. The monoisotopic (exact) mass is 302 g/mol. The molecular formula is C12H16BrClN2. The van der Waals surface area contributed by atoms with Crippen LogP contribution in [0.25, 0.3) is 0 Å². The molecule has 1 aromatic carbocycles. The number of nitrogens with one attached hydrogen (secondary N) is 1. The molecule has 16 heavy (non-hydrogen) atoms. The molecule has 1 fully saturated rings. The van der Waals surface area contributed by atoms with Gasteiger partial charge in [-0.05, 0) is 59.8 Å². The fraction of sp³-hybridized carbons (Fsp3) is 0.500. The first kappa shape index (κ1) is 12.2. The second kappa shape index (κ2) is 5.39. The van der Waals surface area contributed by atoms with Crippen molar-refractivity contribution in [1.82, 2.24) is 0 Å². The fourth-order valence-electron chi connectivity index (χ4n) is 2.09. The van der Waals surface area contributed by atoms with Crippen molar-refractivity contribution < 1.29 is 0 Å². The minimum atomic E-state index is 0.395. The third-order valence-electron chi connectivity index (χ3n) is 3.06. The van der Waals surface area contributed by atoms with Crippen LogP contribution in [0.3, 0.4) is 0 Å². The van der Waals surface area contributed by atoms with Crippen LogP contribution >= 0.6 is 27.5 Å². The average molecular weight is 304 g/mol. The molecule has 0 heterocycles. The summed E-state index contributed by atoms with van der Waals surface area (Å²) in [5.41, 5.74) is 7.00. The van der Waals surface area contributed by atoms with Gasteiger partial charge in [0, 0.05) is 27.3 Å². The van der Waals surface area contributed by atoms with Crippen molar-refractivity contribution in [3.8, 4) is 0 Å². The van der Waals surface area contributed by atoms with E-state index in [-0.39, 0.29) is 0 Å². The minimum absolute atomic E-state index is 0.395. The van der Waals surface area contributed by atoms with Crippen LogP contribution in [-0.2, 0) is 0 Å². The predicted molar refractivity (Wildman–Crippen MR) is 73.0 cm³/mol. The van der Waals surface area contributed by atoms with E-state index in [2.05, 4.69) is 21.2 Å². The highest BCUT2D eigenvalue weighted by molar-refractivity contribution is 9.10. The smallest absolute Gasteiger partial charge is 0.0487 e. The highest BCUT2D eigenvalue weighted by Crippen LogP contribution is 2.29. The number of nitrogens with two attached hydrogens (primary N) is 1. The number of benzene rings is 1. The van der Waals surface area contributed by atoms with Gasteiger partial charge in [0.2, 0.25) is 0 Å². The molecule has 1 aliphatic carbocycles. The standard InChI is InChI=1S/C12H16BrClN2/c13-11-7-8(14)1-6-12(11)16-10-4-2-9(15)3-5-10/h1,6-7,9-10,16H,2-5,15H2. The first-order valence-corrected chi connectivity index (χ1v) is 6.79. The van der Waals surface area contributed by atoms with Crippen LogP contribution in [0.15, 0.2) is 22.7 Å². The van der Waals surface area contributed by atoms with E-state index in [9.17, 15) is 0 Å². The maximum Gasteiger partial charge on any atom is 0.0487 e. The number of hydrogen-bond acceptors (Lipinski definition) is 2. The summed E-state index contributed by atoms with van der Waals surface area (Å²) in [7, 11) is 0. The van der Waals surface area contributed by atoms with E-state index in [1.54, 1.807) is 0 Å². The van der Waals surface area contributed by atoms with Crippen molar-refractivity contribution in [2.75, 3.05) is 5.32 Å². The lowest BCUT2D eigenvalue weighted by Crippen LogP contribution is -2.32. The molecule has 0 aliphatic heterocycles. The fourth-order valence-corrected chi connectivity index (χ4v) is 2.89. The second-order valence-corrected chi connectivity index (χ2v) is 5.67. The van der Waals surface area contributed by atoms with Crippen molar-refractivity contribution >= 4 is 33.2 Å². The SMILES string of the molecule is NC1CCC(Nc2ccc(Cl)cc2Br)CC1. The lowest BCUT2D eigenvalue weighted by molar-refractivity contribution is 0.411. The summed E-state index contributed by atoms with van der Waals surface area (Å²) in [5, 5.41) is 4.29. The van der Waals surface area contributed by atoms with Crippen molar-refractivity contribution in [3.63, 3.8) is 0 Å². The molecule has 3 N–H and O–H groups in total. The molecule has 1 aromatic rings. The normalized spacial score (nSPS) is 25.4. The molecule has 0 unspecified atom stereocenters. The van der Waals surface area contributed by atoms with Crippen molar-refractivity contribution in [3.05, 3.63) is 27.7 Å². The minimum Gasteiger partial charge on any atom is -0.381 e. The molecule has 0 atom stereocenters. The van der Waals surface area contributed by atoms with Gasteiger partial charge in [-0.2, -0.15) is 0 Å². The molecule has 0 amide bonds.